The van der Waals surface area contributed by atoms with Crippen LogP contribution in [-0.4, -0.2) is 34.4 Å². The third-order valence-electron chi connectivity index (χ3n) is 3.49. The minimum absolute atomic E-state index is 0.107. The first-order valence-corrected chi connectivity index (χ1v) is 6.48. The Morgan fingerprint density at radius 3 is 2.45 bits per heavy atom. The summed E-state index contributed by atoms with van der Waals surface area (Å²) in [5.74, 6) is -0.436. The highest BCUT2D eigenvalue weighted by atomic mass is 16.5. The number of amides is 1. The van der Waals surface area contributed by atoms with Gasteiger partial charge in [0.05, 0.1) is 17.6 Å². The van der Waals surface area contributed by atoms with Crippen molar-refractivity contribution in [1.82, 2.24) is 0 Å². The van der Waals surface area contributed by atoms with E-state index in [9.17, 15) is 14.9 Å². The highest BCUT2D eigenvalue weighted by molar-refractivity contribution is 6.60. The summed E-state index contributed by atoms with van der Waals surface area (Å²) in [5.41, 5.74) is 4.32. The van der Waals surface area contributed by atoms with E-state index < -0.39 is 24.2 Å². The molecular weight excluding hydrogens is 257 g/mol. The predicted molar refractivity (Wildman–Crippen MR) is 78.4 cm³/mol. The second-order valence-electron chi connectivity index (χ2n) is 5.93. The number of benzene rings is 1. The van der Waals surface area contributed by atoms with Crippen molar-refractivity contribution in [2.24, 2.45) is 5.73 Å². The Morgan fingerprint density at radius 2 is 1.95 bits per heavy atom. The molecule has 4 N–H and O–H groups in total. The van der Waals surface area contributed by atoms with Crippen molar-refractivity contribution in [3.63, 3.8) is 0 Å². The summed E-state index contributed by atoms with van der Waals surface area (Å²) in [5, 5.41) is 20.1. The summed E-state index contributed by atoms with van der Waals surface area (Å²) in [7, 11) is -1.19. The monoisotopic (exact) mass is 279 g/mol. The van der Waals surface area contributed by atoms with Crippen LogP contribution in [0.15, 0.2) is 24.3 Å². The lowest BCUT2D eigenvalue weighted by atomic mass is 9.76. The van der Waals surface area contributed by atoms with Gasteiger partial charge in [-0.3, -0.25) is 4.79 Å². The fourth-order valence-corrected chi connectivity index (χ4v) is 1.55. The molecule has 0 aliphatic carbocycles. The Hall–Kier alpha value is -1.37. The topological polar surface area (TPSA) is 92.8 Å². The molecule has 0 atom stereocenters. The Labute approximate surface area is 119 Å². The number of carbonyl (C=O) groups is 1. The quantitative estimate of drug-likeness (QED) is 0.637. The van der Waals surface area contributed by atoms with Crippen molar-refractivity contribution < 1.29 is 19.6 Å². The van der Waals surface area contributed by atoms with Crippen LogP contribution in [0.3, 0.4) is 0 Å². The molecule has 20 heavy (non-hydrogen) atoms. The van der Waals surface area contributed by atoms with E-state index in [1.54, 1.807) is 52.0 Å². The number of aliphatic hydroxyl groups is 1. The summed E-state index contributed by atoms with van der Waals surface area (Å²) in [6, 6.07) is 6.82. The molecule has 0 saturated carbocycles. The highest BCUT2D eigenvalue weighted by Crippen LogP contribution is 2.25. The van der Waals surface area contributed by atoms with Crippen molar-refractivity contribution in [3.05, 3.63) is 29.8 Å². The number of nitrogens with two attached hydrogens (primary N) is 1. The van der Waals surface area contributed by atoms with Gasteiger partial charge < -0.3 is 20.5 Å². The smallest absolute Gasteiger partial charge is 0.423 e. The molecule has 1 aromatic carbocycles. The van der Waals surface area contributed by atoms with Crippen LogP contribution in [0.5, 0.6) is 0 Å². The molecule has 5 nitrogen and oxygen atoms in total. The van der Waals surface area contributed by atoms with E-state index in [-0.39, 0.29) is 6.42 Å². The van der Waals surface area contributed by atoms with Crippen molar-refractivity contribution in [3.8, 4) is 0 Å². The molecule has 6 heteroatoms. The molecule has 0 fully saturated rings. The normalized spacial score (nSPS) is 12.3. The van der Waals surface area contributed by atoms with Crippen molar-refractivity contribution in [1.29, 1.82) is 0 Å². The van der Waals surface area contributed by atoms with Crippen LogP contribution in [0.1, 0.15) is 33.3 Å². The van der Waals surface area contributed by atoms with Crippen LogP contribution >= 0.6 is 0 Å². The van der Waals surface area contributed by atoms with E-state index in [2.05, 4.69) is 0 Å². The van der Waals surface area contributed by atoms with Crippen LogP contribution in [0.4, 0.5) is 0 Å². The lowest BCUT2D eigenvalue weighted by molar-refractivity contribution is -0.117. The molecule has 0 radical (unpaired) electrons. The summed E-state index contributed by atoms with van der Waals surface area (Å²) in [6.07, 6.45) is 0.107. The van der Waals surface area contributed by atoms with Crippen LogP contribution < -0.4 is 11.2 Å². The molecular formula is C14H22BNO4. The molecule has 0 unspecified atom stereocenters. The number of hydrogen-bond acceptors (Lipinski definition) is 4. The molecule has 1 aromatic rings. The molecule has 0 aromatic heterocycles. The molecule has 0 saturated heterocycles. The molecule has 1 rings (SSSR count). The number of hydrogen-bond donors (Lipinski definition) is 3. The second-order valence-corrected chi connectivity index (χ2v) is 5.93. The van der Waals surface area contributed by atoms with Gasteiger partial charge in [0.25, 0.3) is 0 Å². The Morgan fingerprint density at radius 1 is 1.35 bits per heavy atom. The number of carbonyl (C=O) groups excluding carboxylic acids is 1. The van der Waals surface area contributed by atoms with Crippen LogP contribution in [0.25, 0.3) is 0 Å². The van der Waals surface area contributed by atoms with Gasteiger partial charge in [0.2, 0.25) is 5.91 Å². The zero-order chi connectivity index (χ0) is 15.6. The van der Waals surface area contributed by atoms with Gasteiger partial charge in [-0.2, -0.15) is 0 Å². The zero-order valence-electron chi connectivity index (χ0n) is 12.4. The van der Waals surface area contributed by atoms with Crippen molar-refractivity contribution in [2.45, 2.75) is 45.3 Å². The van der Waals surface area contributed by atoms with Gasteiger partial charge >= 0.3 is 7.12 Å². The first-order valence-electron chi connectivity index (χ1n) is 6.48. The zero-order valence-corrected chi connectivity index (χ0v) is 12.4. The lowest BCUT2D eigenvalue weighted by Crippen LogP contribution is -2.53. The van der Waals surface area contributed by atoms with Crippen molar-refractivity contribution >= 4 is 18.5 Å². The number of rotatable bonds is 6. The first kappa shape index (κ1) is 16.7. The largest absolute Gasteiger partial charge is 0.491 e. The average molecular weight is 279 g/mol. The average Bonchev–Trinajstić information content (AvgIpc) is 2.26. The van der Waals surface area contributed by atoms with E-state index in [4.69, 9.17) is 10.4 Å². The standard InChI is InChI=1S/C14H22BNO4/c1-13(2,18)14(3,4)20-15(19)11-7-5-6-10(8-11)9-12(16)17/h5-8,18-19H,9H2,1-4H3,(H2,16,17). The van der Waals surface area contributed by atoms with Gasteiger partial charge in [0, 0.05) is 0 Å². The van der Waals surface area contributed by atoms with E-state index in [1.165, 1.54) is 0 Å². The van der Waals surface area contributed by atoms with E-state index in [1.807, 2.05) is 0 Å². The summed E-state index contributed by atoms with van der Waals surface area (Å²) < 4.78 is 5.54. The SMILES string of the molecule is CC(C)(O)C(C)(C)OB(O)c1cccc(CC(N)=O)c1. The van der Waals surface area contributed by atoms with Gasteiger partial charge in [0.15, 0.2) is 0 Å². The minimum atomic E-state index is -1.19. The van der Waals surface area contributed by atoms with Gasteiger partial charge in [0.1, 0.15) is 0 Å². The van der Waals surface area contributed by atoms with Crippen LogP contribution in [-0.2, 0) is 15.9 Å². The summed E-state index contributed by atoms with van der Waals surface area (Å²) >= 11 is 0. The van der Waals surface area contributed by atoms with Gasteiger partial charge in [-0.15, -0.1) is 0 Å². The number of primary amides is 1. The molecule has 0 bridgehead atoms. The van der Waals surface area contributed by atoms with E-state index in [0.29, 0.717) is 11.0 Å². The third-order valence-corrected chi connectivity index (χ3v) is 3.49. The predicted octanol–water partition coefficient (Wildman–Crippen LogP) is -0.0320. The Bertz CT molecular complexity index is 482. The minimum Gasteiger partial charge on any atom is -0.423 e. The van der Waals surface area contributed by atoms with Crippen LogP contribution in [0, 0.1) is 0 Å². The van der Waals surface area contributed by atoms with Crippen LogP contribution in [0.2, 0.25) is 0 Å². The van der Waals surface area contributed by atoms with E-state index in [0.717, 1.165) is 0 Å². The Kier molecular flexibility index (Phi) is 4.97. The maximum atomic E-state index is 10.9. The van der Waals surface area contributed by atoms with Gasteiger partial charge in [-0.1, -0.05) is 24.3 Å². The van der Waals surface area contributed by atoms with Crippen molar-refractivity contribution in [2.75, 3.05) is 0 Å². The fraction of sp³-hybridized carbons (Fsp3) is 0.500. The Balaban J connectivity index is 2.87. The lowest BCUT2D eigenvalue weighted by Gasteiger charge is -2.38. The fourth-order valence-electron chi connectivity index (χ4n) is 1.55. The molecule has 110 valence electrons. The third kappa shape index (κ3) is 4.33. The molecule has 0 aliphatic rings. The summed E-state index contributed by atoms with van der Waals surface area (Å²) in [6.45, 7) is 6.62. The first-order chi connectivity index (χ1) is 9.03. The second kappa shape index (κ2) is 5.95. The molecule has 0 aliphatic heterocycles. The maximum Gasteiger partial charge on any atom is 0.491 e. The maximum absolute atomic E-state index is 10.9. The van der Waals surface area contributed by atoms with Gasteiger partial charge in [-0.25, -0.2) is 0 Å². The van der Waals surface area contributed by atoms with E-state index >= 15 is 0 Å². The van der Waals surface area contributed by atoms with Gasteiger partial charge in [-0.05, 0) is 38.7 Å². The molecule has 0 spiro atoms. The highest BCUT2D eigenvalue weighted by Gasteiger charge is 2.39. The molecule has 0 heterocycles. The molecule has 1 amide bonds. The summed E-state index contributed by atoms with van der Waals surface area (Å²) in [4.78, 5) is 10.9.